The molecule has 2 aromatic carbocycles. The molecule has 4 bridgehead atoms. The zero-order chi connectivity index (χ0) is 23.4. The number of carbonyl (C=O) groups excluding carboxylic acids is 1. The number of phenolic OH excluding ortho intramolecular Hbond substituents is 1. The summed E-state index contributed by atoms with van der Waals surface area (Å²) >= 11 is 8.88. The fraction of sp³-hybridized carbons (Fsp3) is 0.111. The first kappa shape index (κ1) is 22.4. The smallest absolute Gasteiger partial charge is 0.338 e. The molecule has 1 aliphatic rings. The minimum atomic E-state index is -4.59. The summed E-state index contributed by atoms with van der Waals surface area (Å²) in [6, 6.07) is 3.96. The quantitative estimate of drug-likeness (QED) is 0.424. The van der Waals surface area contributed by atoms with Gasteiger partial charge in [0.25, 0.3) is 10.0 Å². The van der Waals surface area contributed by atoms with Gasteiger partial charge in [-0.25, -0.2) is 22.3 Å². The van der Waals surface area contributed by atoms with Gasteiger partial charge in [0, 0.05) is 11.8 Å². The molecule has 4 rings (SSSR count). The SMILES string of the molecule is O=C1OCc2nn(C(F)F)cc2-c2cc(F)c(Cl)c(c2)NS(=O)(=O)c2cc1cc(Br)c2O. The van der Waals surface area contributed by atoms with Gasteiger partial charge >= 0.3 is 12.5 Å². The number of halogens is 5. The highest BCUT2D eigenvalue weighted by molar-refractivity contribution is 9.10. The molecule has 1 aromatic heterocycles. The Bertz CT molecular complexity index is 1380. The van der Waals surface area contributed by atoms with Crippen LogP contribution in [0.15, 0.2) is 39.8 Å². The number of hydrogen-bond acceptors (Lipinski definition) is 6. The van der Waals surface area contributed by atoms with Crippen LogP contribution in [0.5, 0.6) is 5.75 Å². The van der Waals surface area contributed by atoms with Crippen molar-refractivity contribution in [3.05, 3.63) is 57.0 Å². The number of rotatable bonds is 1. The Labute approximate surface area is 191 Å². The number of benzene rings is 2. The van der Waals surface area contributed by atoms with Crippen molar-refractivity contribution in [3.63, 3.8) is 0 Å². The Morgan fingerprint density at radius 2 is 1.97 bits per heavy atom. The first-order valence-corrected chi connectivity index (χ1v) is 11.2. The number of nitrogens with one attached hydrogen (secondary N) is 1. The van der Waals surface area contributed by atoms with Crippen molar-refractivity contribution >= 4 is 49.2 Å². The number of anilines is 1. The van der Waals surface area contributed by atoms with Crippen molar-refractivity contribution < 1.29 is 36.2 Å². The number of sulfonamides is 1. The summed E-state index contributed by atoms with van der Waals surface area (Å²) in [4.78, 5) is 11.8. The van der Waals surface area contributed by atoms with E-state index in [4.69, 9.17) is 16.3 Å². The molecular weight excluding hydrogens is 543 g/mol. The van der Waals surface area contributed by atoms with Gasteiger partial charge in [0.15, 0.2) is 0 Å². The lowest BCUT2D eigenvalue weighted by Crippen LogP contribution is -2.15. The van der Waals surface area contributed by atoms with Crippen LogP contribution in [0.4, 0.5) is 18.9 Å². The average Bonchev–Trinajstić information content (AvgIpc) is 3.15. The van der Waals surface area contributed by atoms with Crippen molar-refractivity contribution in [2.24, 2.45) is 0 Å². The van der Waals surface area contributed by atoms with Gasteiger partial charge in [0.05, 0.1) is 15.7 Å². The van der Waals surface area contributed by atoms with E-state index in [0.29, 0.717) is 0 Å². The predicted molar refractivity (Wildman–Crippen MR) is 110 cm³/mol. The summed E-state index contributed by atoms with van der Waals surface area (Å²) in [5.74, 6) is -2.79. The van der Waals surface area contributed by atoms with E-state index in [0.717, 1.165) is 30.5 Å². The molecule has 2 heterocycles. The molecule has 0 aliphatic carbocycles. The Morgan fingerprint density at radius 1 is 1.25 bits per heavy atom. The molecule has 0 radical (unpaired) electrons. The van der Waals surface area contributed by atoms with E-state index in [1.165, 1.54) is 0 Å². The van der Waals surface area contributed by atoms with Crippen LogP contribution < -0.4 is 4.72 Å². The molecule has 0 amide bonds. The van der Waals surface area contributed by atoms with Crippen LogP contribution in [0.25, 0.3) is 11.1 Å². The minimum Gasteiger partial charge on any atom is -0.505 e. The summed E-state index contributed by atoms with van der Waals surface area (Å²) in [6.45, 7) is -3.62. The third-order valence-corrected chi connectivity index (χ3v) is 6.85. The number of ether oxygens (including phenoxy) is 1. The lowest BCUT2D eigenvalue weighted by atomic mass is 10.1. The van der Waals surface area contributed by atoms with Crippen LogP contribution in [0.3, 0.4) is 0 Å². The second-order valence-electron chi connectivity index (χ2n) is 6.55. The minimum absolute atomic E-state index is 0.0379. The summed E-state index contributed by atoms with van der Waals surface area (Å²) in [6.07, 6.45) is 0.900. The summed E-state index contributed by atoms with van der Waals surface area (Å²) in [7, 11) is -4.59. The van der Waals surface area contributed by atoms with E-state index >= 15 is 0 Å². The third-order valence-electron chi connectivity index (χ3n) is 4.49. The molecule has 14 heteroatoms. The normalized spacial score (nSPS) is 15.1. The fourth-order valence-corrected chi connectivity index (χ4v) is 5.02. The zero-order valence-corrected chi connectivity index (χ0v) is 18.6. The number of fused-ring (bicyclic) bond motifs is 6. The number of esters is 1. The number of carbonyl (C=O) groups is 1. The molecule has 168 valence electrons. The third kappa shape index (κ3) is 3.91. The lowest BCUT2D eigenvalue weighted by molar-refractivity contribution is 0.0446. The standard InChI is InChI=1S/C18H10BrClF3N3O5S/c19-10-1-8-4-14(16(10)27)32(29,30)25-12-3-7(2-11(21)15(12)20)9-5-26(18(22)23)24-13(9)6-31-17(8)28/h1-5,18,25,27H,6H2. The van der Waals surface area contributed by atoms with Crippen molar-refractivity contribution in [1.82, 2.24) is 9.78 Å². The monoisotopic (exact) mass is 551 g/mol. The van der Waals surface area contributed by atoms with E-state index in [1.807, 2.05) is 4.72 Å². The van der Waals surface area contributed by atoms with Crippen LogP contribution in [-0.4, -0.2) is 29.3 Å². The van der Waals surface area contributed by atoms with Gasteiger partial charge in [-0.2, -0.15) is 13.9 Å². The maximum atomic E-state index is 14.5. The summed E-state index contributed by atoms with van der Waals surface area (Å²) < 4.78 is 74.0. The van der Waals surface area contributed by atoms with Crippen LogP contribution >= 0.6 is 27.5 Å². The first-order valence-electron chi connectivity index (χ1n) is 8.56. The van der Waals surface area contributed by atoms with Gasteiger partial charge in [-0.3, -0.25) is 4.72 Å². The van der Waals surface area contributed by atoms with Crippen LogP contribution in [-0.2, 0) is 21.4 Å². The largest absolute Gasteiger partial charge is 0.505 e. The van der Waals surface area contributed by atoms with Crippen molar-refractivity contribution in [2.45, 2.75) is 18.1 Å². The Kier molecular flexibility index (Phi) is 5.59. The second kappa shape index (κ2) is 7.98. The topological polar surface area (TPSA) is 111 Å². The Balaban J connectivity index is 2.00. The number of cyclic esters (lactones) is 1. The number of hydrogen-bond donors (Lipinski definition) is 2. The molecular formula is C18H10BrClF3N3O5S. The zero-order valence-electron chi connectivity index (χ0n) is 15.4. The highest BCUT2D eigenvalue weighted by atomic mass is 79.9. The molecule has 1 aliphatic heterocycles. The molecule has 0 saturated heterocycles. The number of alkyl halides is 2. The van der Waals surface area contributed by atoms with E-state index in [1.54, 1.807) is 0 Å². The van der Waals surface area contributed by atoms with Crippen LogP contribution in [0.2, 0.25) is 5.02 Å². The lowest BCUT2D eigenvalue weighted by Gasteiger charge is -2.14. The van der Waals surface area contributed by atoms with Crippen LogP contribution in [0, 0.1) is 5.82 Å². The van der Waals surface area contributed by atoms with Crippen molar-refractivity contribution in [2.75, 3.05) is 4.72 Å². The number of aromatic nitrogens is 2. The van der Waals surface area contributed by atoms with E-state index in [-0.39, 0.29) is 31.5 Å². The van der Waals surface area contributed by atoms with Gasteiger partial charge in [0.2, 0.25) is 0 Å². The first-order chi connectivity index (χ1) is 15.0. The molecule has 2 N–H and O–H groups in total. The molecule has 3 aromatic rings. The predicted octanol–water partition coefficient (Wildman–Crippen LogP) is 4.68. The van der Waals surface area contributed by atoms with Gasteiger partial charge in [-0.1, -0.05) is 11.6 Å². The molecule has 0 spiro atoms. The Hall–Kier alpha value is -2.77. The summed E-state index contributed by atoms with van der Waals surface area (Å²) in [5.41, 5.74) is -0.924. The molecule has 0 fully saturated rings. The number of aromatic hydroxyl groups is 1. The van der Waals surface area contributed by atoms with E-state index < -0.39 is 56.3 Å². The van der Waals surface area contributed by atoms with Crippen molar-refractivity contribution in [1.29, 1.82) is 0 Å². The van der Waals surface area contributed by atoms with Gasteiger partial charge < -0.3 is 9.84 Å². The maximum absolute atomic E-state index is 14.5. The highest BCUT2D eigenvalue weighted by Gasteiger charge is 2.27. The summed E-state index contributed by atoms with van der Waals surface area (Å²) in [5, 5.41) is 13.3. The van der Waals surface area contributed by atoms with Crippen molar-refractivity contribution in [3.8, 4) is 16.9 Å². The van der Waals surface area contributed by atoms with Gasteiger partial charge in [0.1, 0.15) is 33.8 Å². The Morgan fingerprint density at radius 3 is 2.66 bits per heavy atom. The van der Waals surface area contributed by atoms with Crippen LogP contribution in [0.1, 0.15) is 22.6 Å². The van der Waals surface area contributed by atoms with Gasteiger partial charge in [-0.05, 0) is 45.8 Å². The average molecular weight is 553 g/mol. The molecule has 0 saturated carbocycles. The van der Waals surface area contributed by atoms with E-state index in [2.05, 4.69) is 21.0 Å². The maximum Gasteiger partial charge on any atom is 0.338 e. The second-order valence-corrected chi connectivity index (χ2v) is 9.44. The molecule has 8 nitrogen and oxygen atoms in total. The molecule has 0 atom stereocenters. The van der Waals surface area contributed by atoms with E-state index in [9.17, 15) is 31.5 Å². The molecule has 0 unspecified atom stereocenters. The molecule has 32 heavy (non-hydrogen) atoms. The fourth-order valence-electron chi connectivity index (χ4n) is 3.01. The van der Waals surface area contributed by atoms with Gasteiger partial charge in [-0.15, -0.1) is 0 Å². The highest BCUT2D eigenvalue weighted by Crippen LogP contribution is 2.38. The number of phenols is 1. The number of nitrogens with zero attached hydrogens (tertiary/aromatic N) is 2.